The van der Waals surface area contributed by atoms with E-state index in [4.69, 9.17) is 16.6 Å². The number of aromatic nitrogens is 2. The molecule has 5 rings (SSSR count). The van der Waals surface area contributed by atoms with Crippen molar-refractivity contribution < 1.29 is 9.59 Å². The number of carbonyl (C=O) groups is 2. The maximum atomic E-state index is 13.3. The largest absolute Gasteiger partial charge is 0.356 e. The molecule has 0 radical (unpaired) electrons. The van der Waals surface area contributed by atoms with Crippen molar-refractivity contribution in [2.45, 2.75) is 18.0 Å². The Balaban J connectivity index is 1.49. The third kappa shape index (κ3) is 4.53. The molecule has 1 amide bonds. The van der Waals surface area contributed by atoms with E-state index in [0.717, 1.165) is 42.0 Å². The minimum Gasteiger partial charge on any atom is -0.356 e. The van der Waals surface area contributed by atoms with Crippen molar-refractivity contribution in [3.63, 3.8) is 0 Å². The highest BCUT2D eigenvalue weighted by molar-refractivity contribution is 7.98. The maximum Gasteiger partial charge on any atom is 0.265 e. The van der Waals surface area contributed by atoms with E-state index in [2.05, 4.69) is 15.2 Å². The molecule has 4 aromatic rings. The van der Waals surface area contributed by atoms with E-state index in [0.29, 0.717) is 31.9 Å². The van der Waals surface area contributed by atoms with Gasteiger partial charge in [0.15, 0.2) is 10.9 Å². The summed E-state index contributed by atoms with van der Waals surface area (Å²) in [6, 6.07) is 15.7. The van der Waals surface area contributed by atoms with E-state index in [1.807, 2.05) is 18.4 Å². The quantitative estimate of drug-likeness (QED) is 0.191. The van der Waals surface area contributed by atoms with Gasteiger partial charge < -0.3 is 10.2 Å². The summed E-state index contributed by atoms with van der Waals surface area (Å²) in [5.41, 5.74) is 1.28. The molecule has 34 heavy (non-hydrogen) atoms. The molecule has 1 aliphatic heterocycles. The summed E-state index contributed by atoms with van der Waals surface area (Å²) in [6.07, 6.45) is 4.21. The maximum absolute atomic E-state index is 13.3. The van der Waals surface area contributed by atoms with Gasteiger partial charge in [0.05, 0.1) is 16.0 Å². The number of benzene rings is 2. The number of nitrogens with zero attached hydrogens (tertiary/aromatic N) is 3. The second-order valence-corrected chi connectivity index (χ2v) is 10.1. The van der Waals surface area contributed by atoms with Crippen LogP contribution >= 0.6 is 34.7 Å². The Kier molecular flexibility index (Phi) is 6.54. The Bertz CT molecular complexity index is 1380. The van der Waals surface area contributed by atoms with Crippen LogP contribution in [0.1, 0.15) is 38.4 Å². The van der Waals surface area contributed by atoms with Crippen molar-refractivity contribution in [1.82, 2.24) is 9.97 Å². The first-order valence-corrected chi connectivity index (χ1v) is 13.3. The van der Waals surface area contributed by atoms with Crippen LogP contribution in [-0.4, -0.2) is 41.0 Å². The molecule has 9 heteroatoms. The standard InChI is InChI=1S/C25H21ClN4O2S2/c1-33-25-28-22(30-11-5-6-12-30)18-14-20(34-24(18)29-25)23(32)27-19-10-9-16(26)13-17(19)21(31)15-7-3-2-4-8-15/h2-4,7-10,13-14H,5-6,11-12H2,1H3,(H,27,32). The molecule has 172 valence electrons. The second-order valence-electron chi connectivity index (χ2n) is 7.90. The number of thioether (sulfide) groups is 1. The van der Waals surface area contributed by atoms with Gasteiger partial charge in [-0.15, -0.1) is 11.3 Å². The predicted molar refractivity (Wildman–Crippen MR) is 140 cm³/mol. The number of rotatable bonds is 6. The van der Waals surface area contributed by atoms with E-state index in [9.17, 15) is 9.59 Å². The van der Waals surface area contributed by atoms with Crippen molar-refractivity contribution in [2.24, 2.45) is 0 Å². The Labute approximate surface area is 210 Å². The Morgan fingerprint density at radius 2 is 1.82 bits per heavy atom. The van der Waals surface area contributed by atoms with E-state index in [-0.39, 0.29) is 11.7 Å². The summed E-state index contributed by atoms with van der Waals surface area (Å²) >= 11 is 8.99. The lowest BCUT2D eigenvalue weighted by molar-refractivity contribution is 0.103. The van der Waals surface area contributed by atoms with Gasteiger partial charge in [-0.2, -0.15) is 0 Å². The topological polar surface area (TPSA) is 75.2 Å². The Hall–Kier alpha value is -2.94. The molecule has 0 bridgehead atoms. The first-order chi connectivity index (χ1) is 16.5. The number of halogens is 1. The van der Waals surface area contributed by atoms with Crippen LogP contribution in [0, 0.1) is 0 Å². The van der Waals surface area contributed by atoms with Crippen LogP contribution in [-0.2, 0) is 0 Å². The fourth-order valence-corrected chi connectivity index (χ4v) is 5.51. The van der Waals surface area contributed by atoms with Crippen LogP contribution in [0.2, 0.25) is 5.02 Å². The summed E-state index contributed by atoms with van der Waals surface area (Å²) in [7, 11) is 0. The summed E-state index contributed by atoms with van der Waals surface area (Å²) < 4.78 is 0. The van der Waals surface area contributed by atoms with Gasteiger partial charge in [0.1, 0.15) is 10.6 Å². The van der Waals surface area contributed by atoms with Crippen molar-refractivity contribution in [1.29, 1.82) is 0 Å². The number of ketones is 1. The summed E-state index contributed by atoms with van der Waals surface area (Å²) in [5.74, 6) is 0.376. The number of nitrogens with one attached hydrogen (secondary N) is 1. The third-order valence-electron chi connectivity index (χ3n) is 5.67. The van der Waals surface area contributed by atoms with Gasteiger partial charge in [0.2, 0.25) is 0 Å². The number of hydrogen-bond acceptors (Lipinski definition) is 7. The lowest BCUT2D eigenvalue weighted by Gasteiger charge is -2.17. The number of carbonyl (C=O) groups excluding carboxylic acids is 2. The SMILES string of the molecule is CSc1nc(N2CCCC2)c2cc(C(=O)Nc3ccc(Cl)cc3C(=O)c3ccccc3)sc2n1. The zero-order chi connectivity index (χ0) is 23.7. The van der Waals surface area contributed by atoms with Crippen LogP contribution in [0.25, 0.3) is 10.2 Å². The van der Waals surface area contributed by atoms with Crippen LogP contribution in [0.15, 0.2) is 59.8 Å². The molecular weight excluding hydrogens is 488 g/mol. The van der Waals surface area contributed by atoms with Crippen molar-refractivity contribution >= 4 is 68.1 Å². The molecule has 1 N–H and O–H groups in total. The van der Waals surface area contributed by atoms with Gasteiger partial charge >= 0.3 is 0 Å². The molecule has 3 heterocycles. The molecule has 0 aliphatic carbocycles. The minimum absolute atomic E-state index is 0.207. The fraction of sp³-hybridized carbons (Fsp3) is 0.200. The number of amides is 1. The fourth-order valence-electron chi connectivity index (χ4n) is 4.00. The van der Waals surface area contributed by atoms with E-state index in [1.54, 1.807) is 42.5 Å². The molecule has 2 aromatic carbocycles. The first kappa shape index (κ1) is 22.8. The van der Waals surface area contributed by atoms with Crippen molar-refractivity contribution in [2.75, 3.05) is 29.6 Å². The molecule has 1 saturated heterocycles. The summed E-state index contributed by atoms with van der Waals surface area (Å²) in [4.78, 5) is 39.3. The van der Waals surface area contributed by atoms with Gasteiger partial charge in [0, 0.05) is 29.2 Å². The first-order valence-electron chi connectivity index (χ1n) is 10.8. The van der Waals surface area contributed by atoms with Gasteiger partial charge in [0.25, 0.3) is 5.91 Å². The highest BCUT2D eigenvalue weighted by Gasteiger charge is 2.23. The zero-order valence-corrected chi connectivity index (χ0v) is 20.8. The van der Waals surface area contributed by atoms with Crippen LogP contribution in [0.4, 0.5) is 11.5 Å². The zero-order valence-electron chi connectivity index (χ0n) is 18.4. The normalized spacial score (nSPS) is 13.4. The van der Waals surface area contributed by atoms with E-state index in [1.165, 1.54) is 23.1 Å². The van der Waals surface area contributed by atoms with Gasteiger partial charge in [-0.3, -0.25) is 9.59 Å². The molecular formula is C25H21ClN4O2S2. The smallest absolute Gasteiger partial charge is 0.265 e. The number of thiophene rings is 1. The average molecular weight is 509 g/mol. The molecule has 0 spiro atoms. The molecule has 6 nitrogen and oxygen atoms in total. The van der Waals surface area contributed by atoms with Crippen LogP contribution in [0.5, 0.6) is 0 Å². The number of fused-ring (bicyclic) bond motifs is 1. The second kappa shape index (κ2) is 9.74. The highest BCUT2D eigenvalue weighted by atomic mass is 35.5. The monoisotopic (exact) mass is 508 g/mol. The van der Waals surface area contributed by atoms with Gasteiger partial charge in [-0.25, -0.2) is 9.97 Å². The third-order valence-corrected chi connectivity index (χ3v) is 7.49. The molecule has 0 unspecified atom stereocenters. The van der Waals surface area contributed by atoms with Crippen LogP contribution < -0.4 is 10.2 Å². The molecule has 2 aromatic heterocycles. The minimum atomic E-state index is -0.300. The lowest BCUT2D eigenvalue weighted by atomic mass is 10.0. The van der Waals surface area contributed by atoms with Gasteiger partial charge in [-0.05, 0) is 43.4 Å². The predicted octanol–water partition coefficient (Wildman–Crippen LogP) is 6.15. The molecule has 0 saturated carbocycles. The van der Waals surface area contributed by atoms with Crippen LogP contribution in [0.3, 0.4) is 0 Å². The average Bonchev–Trinajstić information content (AvgIpc) is 3.55. The van der Waals surface area contributed by atoms with E-state index >= 15 is 0 Å². The lowest BCUT2D eigenvalue weighted by Crippen LogP contribution is -2.19. The summed E-state index contributed by atoms with van der Waals surface area (Å²) in [5, 5.41) is 4.91. The van der Waals surface area contributed by atoms with Crippen molar-refractivity contribution in [3.05, 3.63) is 75.6 Å². The number of hydrogen-bond donors (Lipinski definition) is 1. The number of anilines is 2. The summed E-state index contributed by atoms with van der Waals surface area (Å²) in [6.45, 7) is 1.90. The Morgan fingerprint density at radius 1 is 1.06 bits per heavy atom. The highest BCUT2D eigenvalue weighted by Crippen LogP contribution is 2.35. The molecule has 1 aliphatic rings. The Morgan fingerprint density at radius 3 is 2.56 bits per heavy atom. The van der Waals surface area contributed by atoms with Crippen molar-refractivity contribution in [3.8, 4) is 0 Å². The van der Waals surface area contributed by atoms with Gasteiger partial charge in [-0.1, -0.05) is 53.7 Å². The molecule has 1 fully saturated rings. The molecule has 0 atom stereocenters. The van der Waals surface area contributed by atoms with E-state index < -0.39 is 0 Å².